The summed E-state index contributed by atoms with van der Waals surface area (Å²) in [5, 5.41) is 3.97. The summed E-state index contributed by atoms with van der Waals surface area (Å²) in [6, 6.07) is 11.2. The van der Waals surface area contributed by atoms with Gasteiger partial charge in [-0.3, -0.25) is 14.9 Å². The van der Waals surface area contributed by atoms with Crippen LogP contribution in [-0.2, 0) is 11.4 Å². The van der Waals surface area contributed by atoms with Crippen LogP contribution in [0, 0.1) is 11.6 Å². The quantitative estimate of drug-likeness (QED) is 0.277. The van der Waals surface area contributed by atoms with E-state index in [0.29, 0.717) is 22.8 Å². The summed E-state index contributed by atoms with van der Waals surface area (Å²) in [5.41, 5.74) is 3.53. The molecule has 172 valence electrons. The van der Waals surface area contributed by atoms with Crippen molar-refractivity contribution in [3.05, 3.63) is 95.1 Å². The average molecular weight is 454 g/mol. The van der Waals surface area contributed by atoms with E-state index in [9.17, 15) is 13.2 Å². The molecule has 0 atom stereocenters. The van der Waals surface area contributed by atoms with Crippen LogP contribution in [0.4, 0.5) is 13.2 Å². The Morgan fingerprint density at radius 2 is 1.76 bits per heavy atom. The maximum Gasteiger partial charge on any atom is 0.159 e. The molecule has 1 aliphatic heterocycles. The van der Waals surface area contributed by atoms with Crippen LogP contribution in [0.3, 0.4) is 0 Å². The zero-order chi connectivity index (χ0) is 23.0. The van der Waals surface area contributed by atoms with Crippen molar-refractivity contribution in [1.82, 2.24) is 14.9 Å². The number of oxime groups is 1. The van der Waals surface area contributed by atoms with Crippen LogP contribution in [0.15, 0.2) is 66.2 Å². The molecule has 33 heavy (non-hydrogen) atoms. The topological polar surface area (TPSA) is 50.6 Å². The molecule has 1 aromatic heterocycles. The standard InChI is InChI=1S/C25H25F3N4O/c26-9-14-33-31-25(21-5-6-22(27)23(28)15-21)20-3-1-18(2-4-20)17-32-12-7-19(8-13-32)24-16-29-10-11-30-24/h1-6,10-11,15-16,19H,7-9,12-14,17H2. The molecule has 4 rings (SSSR count). The van der Waals surface area contributed by atoms with Gasteiger partial charge in [-0.1, -0.05) is 29.4 Å². The van der Waals surface area contributed by atoms with Gasteiger partial charge in [-0.15, -0.1) is 0 Å². The first-order valence-electron chi connectivity index (χ1n) is 10.9. The molecule has 0 spiro atoms. The lowest BCUT2D eigenvalue weighted by Gasteiger charge is -2.31. The van der Waals surface area contributed by atoms with Crippen LogP contribution >= 0.6 is 0 Å². The average Bonchev–Trinajstić information content (AvgIpc) is 2.85. The zero-order valence-corrected chi connectivity index (χ0v) is 18.1. The Morgan fingerprint density at radius 1 is 1.00 bits per heavy atom. The SMILES string of the molecule is FCCON=C(c1ccc(CN2CCC(c3cnccn3)CC2)cc1)c1ccc(F)c(F)c1. The van der Waals surface area contributed by atoms with E-state index < -0.39 is 18.3 Å². The van der Waals surface area contributed by atoms with Crippen LogP contribution in [0.1, 0.15) is 41.1 Å². The lowest BCUT2D eigenvalue weighted by molar-refractivity contribution is 0.128. The molecule has 2 aromatic carbocycles. The Labute approximate surface area is 190 Å². The van der Waals surface area contributed by atoms with Crippen molar-refractivity contribution in [2.75, 3.05) is 26.4 Å². The fourth-order valence-corrected chi connectivity index (χ4v) is 3.99. The number of halogens is 3. The summed E-state index contributed by atoms with van der Waals surface area (Å²) in [6.07, 6.45) is 7.36. The van der Waals surface area contributed by atoms with Gasteiger partial charge in [-0.2, -0.15) is 0 Å². The van der Waals surface area contributed by atoms with Gasteiger partial charge in [0.25, 0.3) is 0 Å². The molecule has 0 amide bonds. The largest absolute Gasteiger partial charge is 0.392 e. The van der Waals surface area contributed by atoms with E-state index in [1.54, 1.807) is 12.4 Å². The maximum atomic E-state index is 13.8. The molecule has 0 unspecified atom stereocenters. The second kappa shape index (κ2) is 11.0. The highest BCUT2D eigenvalue weighted by molar-refractivity contribution is 6.12. The Bertz CT molecular complexity index is 1070. The lowest BCUT2D eigenvalue weighted by Crippen LogP contribution is -2.32. The Morgan fingerprint density at radius 3 is 2.42 bits per heavy atom. The fourth-order valence-electron chi connectivity index (χ4n) is 3.99. The van der Waals surface area contributed by atoms with Crippen LogP contribution in [0.2, 0.25) is 0 Å². The number of aromatic nitrogens is 2. The minimum atomic E-state index is -0.979. The molecule has 1 saturated heterocycles. The molecule has 0 N–H and O–H groups in total. The fraction of sp³-hybridized carbons (Fsp3) is 0.320. The number of likely N-dealkylation sites (tertiary alicyclic amines) is 1. The van der Waals surface area contributed by atoms with Gasteiger partial charge >= 0.3 is 0 Å². The molecular formula is C25H25F3N4O. The number of nitrogens with zero attached hydrogens (tertiary/aromatic N) is 4. The van der Waals surface area contributed by atoms with Crippen LogP contribution < -0.4 is 0 Å². The molecule has 1 aliphatic rings. The molecule has 3 aromatic rings. The van der Waals surface area contributed by atoms with Crippen molar-refractivity contribution in [1.29, 1.82) is 0 Å². The summed E-state index contributed by atoms with van der Waals surface area (Å²) in [4.78, 5) is 16.0. The normalized spacial score (nSPS) is 15.5. The summed E-state index contributed by atoms with van der Waals surface area (Å²) in [5.74, 6) is -1.48. The van der Waals surface area contributed by atoms with Gasteiger partial charge in [0.15, 0.2) is 11.6 Å². The summed E-state index contributed by atoms with van der Waals surface area (Å²) in [6.45, 7) is 1.85. The van der Waals surface area contributed by atoms with E-state index in [0.717, 1.165) is 55.9 Å². The van der Waals surface area contributed by atoms with Crippen LogP contribution in [0.25, 0.3) is 0 Å². The molecule has 1 fully saturated rings. The molecule has 2 heterocycles. The highest BCUT2D eigenvalue weighted by atomic mass is 19.2. The third-order valence-electron chi connectivity index (χ3n) is 5.74. The van der Waals surface area contributed by atoms with Gasteiger partial charge < -0.3 is 4.84 Å². The molecule has 8 heteroatoms. The number of benzene rings is 2. The van der Waals surface area contributed by atoms with Gasteiger partial charge in [0.2, 0.25) is 0 Å². The second-order valence-corrected chi connectivity index (χ2v) is 7.97. The molecular weight excluding hydrogens is 429 g/mol. The number of piperidine rings is 1. The maximum absolute atomic E-state index is 13.8. The van der Waals surface area contributed by atoms with E-state index in [1.165, 1.54) is 6.07 Å². The van der Waals surface area contributed by atoms with E-state index in [1.807, 2.05) is 30.5 Å². The first-order valence-corrected chi connectivity index (χ1v) is 10.9. The van der Waals surface area contributed by atoms with Gasteiger partial charge in [0, 0.05) is 42.2 Å². The van der Waals surface area contributed by atoms with Crippen LogP contribution in [0.5, 0.6) is 0 Å². The third kappa shape index (κ3) is 5.96. The minimum Gasteiger partial charge on any atom is -0.392 e. The van der Waals surface area contributed by atoms with Gasteiger partial charge in [0.1, 0.15) is 19.0 Å². The van der Waals surface area contributed by atoms with Crippen molar-refractivity contribution in [2.45, 2.75) is 25.3 Å². The van der Waals surface area contributed by atoms with Crippen molar-refractivity contribution in [3.63, 3.8) is 0 Å². The first-order chi connectivity index (χ1) is 16.1. The lowest BCUT2D eigenvalue weighted by atomic mass is 9.93. The van der Waals surface area contributed by atoms with Crippen molar-refractivity contribution in [2.24, 2.45) is 5.16 Å². The minimum absolute atomic E-state index is 0.213. The number of rotatable bonds is 8. The van der Waals surface area contributed by atoms with Gasteiger partial charge in [0.05, 0.1) is 5.69 Å². The number of hydrogen-bond donors (Lipinski definition) is 0. The van der Waals surface area contributed by atoms with Crippen molar-refractivity contribution >= 4 is 5.71 Å². The molecule has 0 radical (unpaired) electrons. The predicted molar refractivity (Wildman–Crippen MR) is 120 cm³/mol. The summed E-state index contributed by atoms with van der Waals surface area (Å²) >= 11 is 0. The number of hydrogen-bond acceptors (Lipinski definition) is 5. The van der Waals surface area contributed by atoms with Crippen LogP contribution in [-0.4, -0.2) is 47.0 Å². The van der Waals surface area contributed by atoms with E-state index >= 15 is 0 Å². The highest BCUT2D eigenvalue weighted by Gasteiger charge is 2.21. The molecule has 0 bridgehead atoms. The smallest absolute Gasteiger partial charge is 0.159 e. The zero-order valence-electron chi connectivity index (χ0n) is 18.1. The van der Waals surface area contributed by atoms with E-state index in [4.69, 9.17) is 4.84 Å². The van der Waals surface area contributed by atoms with Crippen molar-refractivity contribution in [3.8, 4) is 0 Å². The first kappa shape index (κ1) is 22.9. The second-order valence-electron chi connectivity index (χ2n) is 7.97. The molecule has 0 saturated carbocycles. The third-order valence-corrected chi connectivity index (χ3v) is 5.74. The molecule has 0 aliphatic carbocycles. The Kier molecular flexibility index (Phi) is 7.67. The summed E-state index contributed by atoms with van der Waals surface area (Å²) in [7, 11) is 0. The Hall–Kier alpha value is -3.26. The van der Waals surface area contributed by atoms with E-state index in [2.05, 4.69) is 20.0 Å². The molecule has 5 nitrogen and oxygen atoms in total. The van der Waals surface area contributed by atoms with Gasteiger partial charge in [-0.05, 0) is 49.7 Å². The Balaban J connectivity index is 1.42. The monoisotopic (exact) mass is 454 g/mol. The van der Waals surface area contributed by atoms with E-state index in [-0.39, 0.29) is 6.61 Å². The number of alkyl halides is 1. The summed E-state index contributed by atoms with van der Waals surface area (Å²) < 4.78 is 39.6. The highest BCUT2D eigenvalue weighted by Crippen LogP contribution is 2.27. The van der Waals surface area contributed by atoms with Gasteiger partial charge in [-0.25, -0.2) is 13.2 Å². The predicted octanol–water partition coefficient (Wildman–Crippen LogP) is 4.87. The van der Waals surface area contributed by atoms with Crippen molar-refractivity contribution < 1.29 is 18.0 Å².